The van der Waals surface area contributed by atoms with Gasteiger partial charge in [0, 0.05) is 28.5 Å². The predicted octanol–water partition coefficient (Wildman–Crippen LogP) is 2.24. The number of benzene rings is 2. The van der Waals surface area contributed by atoms with Crippen LogP contribution in [-0.2, 0) is 0 Å². The minimum absolute atomic E-state index is 0. The van der Waals surface area contributed by atoms with Gasteiger partial charge in [0.1, 0.15) is 0 Å². The summed E-state index contributed by atoms with van der Waals surface area (Å²) in [6, 6.07) is 14.8. The van der Waals surface area contributed by atoms with E-state index in [9.17, 15) is 9.59 Å². The third-order valence-corrected chi connectivity index (χ3v) is 2.44. The number of aromatic carboxylic acids is 1. The molecular weight excluding hydrogens is 243 g/mol. The van der Waals surface area contributed by atoms with Crippen LogP contribution in [0, 0.1) is 0 Å². The Labute approximate surface area is 115 Å². The molecule has 0 aliphatic rings. The summed E-state index contributed by atoms with van der Waals surface area (Å²) in [5.74, 6) is -1.37. The van der Waals surface area contributed by atoms with Crippen LogP contribution in [-0.4, -0.2) is 34.2 Å². The predicted molar refractivity (Wildman–Crippen MR) is 69.0 cm³/mol. The van der Waals surface area contributed by atoms with Crippen LogP contribution in [0.5, 0.6) is 0 Å². The van der Waals surface area contributed by atoms with E-state index in [-0.39, 0.29) is 34.3 Å². The van der Waals surface area contributed by atoms with E-state index in [0.29, 0.717) is 5.56 Å². The Morgan fingerprint density at radius 2 is 1.28 bits per heavy atom. The highest BCUT2D eigenvalue weighted by Crippen LogP contribution is 2.14. The molecule has 4 heteroatoms. The van der Waals surface area contributed by atoms with Crippen LogP contribution in [0.25, 0.3) is 0 Å². The molecule has 3 nitrogen and oxygen atoms in total. The average molecular weight is 253 g/mol. The van der Waals surface area contributed by atoms with Gasteiger partial charge in [-0.2, -0.15) is 0 Å². The van der Waals surface area contributed by atoms with Crippen molar-refractivity contribution >= 4 is 29.1 Å². The van der Waals surface area contributed by atoms with Crippen LogP contribution >= 0.6 is 0 Å². The van der Waals surface area contributed by atoms with Gasteiger partial charge in [-0.15, -0.1) is 0 Å². The molecule has 18 heavy (non-hydrogen) atoms. The Morgan fingerprint density at radius 1 is 0.778 bits per heavy atom. The minimum Gasteiger partial charge on any atom is -0.478 e. The van der Waals surface area contributed by atoms with Crippen LogP contribution < -0.4 is 0 Å². The third-order valence-electron chi connectivity index (χ3n) is 2.44. The molecule has 1 N–H and O–H groups in total. The lowest BCUT2D eigenvalue weighted by Gasteiger charge is -2.04. The molecule has 0 saturated carbocycles. The molecule has 2 rings (SSSR count). The molecule has 0 aliphatic carbocycles. The van der Waals surface area contributed by atoms with Gasteiger partial charge in [-0.1, -0.05) is 48.5 Å². The van der Waals surface area contributed by atoms with E-state index < -0.39 is 5.97 Å². The highest BCUT2D eigenvalue weighted by Gasteiger charge is 2.16. The second-order valence-electron chi connectivity index (χ2n) is 3.55. The molecule has 2 aromatic rings. The van der Waals surface area contributed by atoms with E-state index in [1.165, 1.54) is 12.1 Å². The van der Waals surface area contributed by atoms with Gasteiger partial charge in [0.15, 0.2) is 5.78 Å². The topological polar surface area (TPSA) is 54.4 Å². The fourth-order valence-corrected chi connectivity index (χ4v) is 1.61. The van der Waals surface area contributed by atoms with Gasteiger partial charge >= 0.3 is 5.97 Å². The summed E-state index contributed by atoms with van der Waals surface area (Å²) in [6.45, 7) is 0. The molecule has 0 saturated heterocycles. The zero-order valence-electron chi connectivity index (χ0n) is 9.54. The molecule has 0 aliphatic heterocycles. The maximum atomic E-state index is 12.1. The van der Waals surface area contributed by atoms with Gasteiger partial charge in [0.05, 0.1) is 5.56 Å². The normalized spacial score (nSPS) is 9.33. The molecule has 3 radical (unpaired) electrons. The van der Waals surface area contributed by atoms with Crippen molar-refractivity contribution in [3.63, 3.8) is 0 Å². The highest BCUT2D eigenvalue weighted by molar-refractivity contribution is 6.14. The van der Waals surface area contributed by atoms with Crippen molar-refractivity contribution in [2.24, 2.45) is 0 Å². The number of hydrogen-bond acceptors (Lipinski definition) is 2. The van der Waals surface area contributed by atoms with Crippen molar-refractivity contribution in [3.05, 3.63) is 71.3 Å². The van der Waals surface area contributed by atoms with Gasteiger partial charge in [-0.05, 0) is 6.07 Å². The lowest BCUT2D eigenvalue weighted by molar-refractivity contribution is 0.0693. The summed E-state index contributed by atoms with van der Waals surface area (Å²) in [6.07, 6.45) is 0. The van der Waals surface area contributed by atoms with Gasteiger partial charge in [0.2, 0.25) is 0 Å². The quantitative estimate of drug-likeness (QED) is 0.674. The van der Waals surface area contributed by atoms with E-state index in [0.717, 1.165) is 0 Å². The molecule has 2 aromatic carbocycles. The molecule has 0 spiro atoms. The summed E-state index contributed by atoms with van der Waals surface area (Å²) in [7, 11) is 0. The molecule has 0 atom stereocenters. The van der Waals surface area contributed by atoms with Crippen molar-refractivity contribution in [1.29, 1.82) is 0 Å². The van der Waals surface area contributed by atoms with Crippen LogP contribution in [0.3, 0.4) is 0 Å². The van der Waals surface area contributed by atoms with E-state index >= 15 is 0 Å². The summed E-state index contributed by atoms with van der Waals surface area (Å²) in [5, 5.41) is 9.01. The smallest absolute Gasteiger partial charge is 0.336 e. The highest BCUT2D eigenvalue weighted by atomic mass is 27.0. The maximum absolute atomic E-state index is 12.1. The monoisotopic (exact) mass is 253 g/mol. The molecule has 0 fully saturated rings. The zero-order chi connectivity index (χ0) is 12.3. The number of ketones is 1. The third kappa shape index (κ3) is 2.86. The first-order valence-corrected chi connectivity index (χ1v) is 5.12. The molecule has 0 amide bonds. The van der Waals surface area contributed by atoms with Gasteiger partial charge in [-0.25, -0.2) is 4.79 Å². The molecular formula is C14H10AlO3. The van der Waals surface area contributed by atoms with Crippen molar-refractivity contribution in [2.75, 3.05) is 0 Å². The van der Waals surface area contributed by atoms with Crippen LogP contribution in [0.4, 0.5) is 0 Å². The number of carbonyl (C=O) groups excluding carboxylic acids is 1. The molecule has 0 aromatic heterocycles. The van der Waals surface area contributed by atoms with Gasteiger partial charge in [-0.3, -0.25) is 4.79 Å². The Hall–Kier alpha value is -1.89. The SMILES string of the molecule is O=C(O)c1ccccc1C(=O)c1ccccc1.[Al]. The number of carboxylic acid groups (broad SMARTS) is 1. The minimum atomic E-state index is -1.09. The summed E-state index contributed by atoms with van der Waals surface area (Å²) in [5.41, 5.74) is 0.730. The largest absolute Gasteiger partial charge is 0.478 e. The maximum Gasteiger partial charge on any atom is 0.336 e. The van der Waals surface area contributed by atoms with Crippen LogP contribution in [0.1, 0.15) is 26.3 Å². The second-order valence-corrected chi connectivity index (χ2v) is 3.55. The average Bonchev–Trinajstić information content (AvgIpc) is 2.39. The van der Waals surface area contributed by atoms with E-state index in [1.54, 1.807) is 42.5 Å². The molecule has 0 bridgehead atoms. The first-order valence-electron chi connectivity index (χ1n) is 5.12. The summed E-state index contributed by atoms with van der Waals surface area (Å²) >= 11 is 0. The number of hydrogen-bond donors (Lipinski definition) is 1. The Bertz CT molecular complexity index is 564. The second kappa shape index (κ2) is 6.16. The Kier molecular flexibility index (Phi) is 4.85. The van der Waals surface area contributed by atoms with E-state index in [4.69, 9.17) is 5.11 Å². The lowest BCUT2D eigenvalue weighted by Crippen LogP contribution is -2.09. The van der Waals surface area contributed by atoms with E-state index in [2.05, 4.69) is 0 Å². The fourth-order valence-electron chi connectivity index (χ4n) is 1.61. The number of rotatable bonds is 3. The van der Waals surface area contributed by atoms with Gasteiger partial charge < -0.3 is 5.11 Å². The zero-order valence-corrected chi connectivity index (χ0v) is 10.7. The molecule has 0 heterocycles. The Balaban J connectivity index is 0.00000162. The van der Waals surface area contributed by atoms with Gasteiger partial charge in [0.25, 0.3) is 0 Å². The molecule has 87 valence electrons. The number of carboxylic acids is 1. The Morgan fingerprint density at radius 3 is 1.83 bits per heavy atom. The van der Waals surface area contributed by atoms with Crippen molar-refractivity contribution in [1.82, 2.24) is 0 Å². The van der Waals surface area contributed by atoms with E-state index in [1.807, 2.05) is 0 Å². The lowest BCUT2D eigenvalue weighted by atomic mass is 9.98. The molecule has 0 unspecified atom stereocenters. The number of carbonyl (C=O) groups is 2. The summed E-state index contributed by atoms with van der Waals surface area (Å²) in [4.78, 5) is 23.1. The van der Waals surface area contributed by atoms with Crippen molar-refractivity contribution in [3.8, 4) is 0 Å². The fraction of sp³-hybridized carbons (Fsp3) is 0. The summed E-state index contributed by atoms with van der Waals surface area (Å²) < 4.78 is 0. The van der Waals surface area contributed by atoms with Crippen LogP contribution in [0.2, 0.25) is 0 Å². The standard InChI is InChI=1S/C14H10O3.Al/c15-13(10-6-2-1-3-7-10)11-8-4-5-9-12(11)14(16)17;/h1-9H,(H,16,17);. The van der Waals surface area contributed by atoms with Crippen molar-refractivity contribution < 1.29 is 14.7 Å². The first-order chi connectivity index (χ1) is 8.20. The van der Waals surface area contributed by atoms with Crippen LogP contribution in [0.15, 0.2) is 54.6 Å². The first kappa shape index (κ1) is 14.2. The van der Waals surface area contributed by atoms with Crippen molar-refractivity contribution in [2.45, 2.75) is 0 Å².